The molecule has 2 aromatic heterocycles. The maximum absolute atomic E-state index is 5.21. The van der Waals surface area contributed by atoms with E-state index >= 15 is 0 Å². The van der Waals surface area contributed by atoms with Gasteiger partial charge in [-0.3, -0.25) is 0 Å². The minimum absolute atomic E-state index is 0.422. The van der Waals surface area contributed by atoms with E-state index in [4.69, 9.17) is 15.0 Å². The van der Waals surface area contributed by atoms with Crippen molar-refractivity contribution in [2.24, 2.45) is 0 Å². The smallest absolute Gasteiger partial charge is 0.164 e. The molecule has 0 fully saturated rings. The molecule has 0 aliphatic heterocycles. The average molecular weight is 730 g/mol. The van der Waals surface area contributed by atoms with Crippen molar-refractivity contribution in [2.75, 3.05) is 0 Å². The first-order valence-corrected chi connectivity index (χ1v) is 19.8. The molecule has 0 bridgehead atoms. The molecule has 56 heavy (non-hydrogen) atoms. The van der Waals surface area contributed by atoms with Crippen LogP contribution in [0.15, 0.2) is 188 Å². The molecule has 0 radical (unpaired) electrons. The summed E-state index contributed by atoms with van der Waals surface area (Å²) in [6.07, 6.45) is 0. The van der Waals surface area contributed by atoms with Crippen LogP contribution in [0.25, 0.3) is 87.7 Å². The Labute approximate surface area is 328 Å². The number of hydrogen-bond donors (Lipinski definition) is 0. The van der Waals surface area contributed by atoms with E-state index in [2.05, 4.69) is 170 Å². The lowest BCUT2D eigenvalue weighted by Gasteiger charge is -2.32. The Hall–Kier alpha value is -7.01. The van der Waals surface area contributed by atoms with Crippen molar-refractivity contribution in [2.45, 2.75) is 5.41 Å². The van der Waals surface area contributed by atoms with Gasteiger partial charge in [-0.05, 0) is 67.8 Å². The van der Waals surface area contributed by atoms with Crippen LogP contribution in [-0.4, -0.2) is 15.0 Å². The van der Waals surface area contributed by atoms with Crippen LogP contribution in [0.3, 0.4) is 0 Å². The van der Waals surface area contributed by atoms with Crippen LogP contribution in [0, 0.1) is 0 Å². The molecule has 0 amide bonds. The summed E-state index contributed by atoms with van der Waals surface area (Å²) in [5.41, 5.74) is 15.5. The number of fused-ring (bicyclic) bond motifs is 13. The van der Waals surface area contributed by atoms with Crippen LogP contribution in [0.2, 0.25) is 0 Å². The van der Waals surface area contributed by atoms with E-state index in [1.165, 1.54) is 70.2 Å². The highest BCUT2D eigenvalue weighted by Crippen LogP contribution is 2.64. The normalized spacial score (nSPS) is 13.1. The van der Waals surface area contributed by atoms with Crippen LogP contribution in [0.5, 0.6) is 0 Å². The van der Waals surface area contributed by atoms with E-state index in [1.54, 1.807) is 11.3 Å². The second kappa shape index (κ2) is 12.0. The van der Waals surface area contributed by atoms with Crippen LogP contribution >= 0.6 is 11.3 Å². The van der Waals surface area contributed by atoms with E-state index in [-0.39, 0.29) is 0 Å². The number of thiophene rings is 1. The van der Waals surface area contributed by atoms with Gasteiger partial charge in [0.1, 0.15) is 0 Å². The fourth-order valence-electron chi connectivity index (χ4n) is 9.50. The zero-order chi connectivity index (χ0) is 36.8. The summed E-state index contributed by atoms with van der Waals surface area (Å²) in [7, 11) is 0. The molecule has 2 aliphatic carbocycles. The lowest BCUT2D eigenvalue weighted by atomic mass is 9.68. The fraction of sp³-hybridized carbons (Fsp3) is 0.0192. The predicted octanol–water partition coefficient (Wildman–Crippen LogP) is 13.3. The van der Waals surface area contributed by atoms with Crippen LogP contribution in [0.4, 0.5) is 0 Å². The van der Waals surface area contributed by atoms with Gasteiger partial charge in [-0.1, -0.05) is 176 Å². The van der Waals surface area contributed by atoms with Gasteiger partial charge in [0.05, 0.1) is 5.41 Å². The van der Waals surface area contributed by atoms with Gasteiger partial charge in [0.15, 0.2) is 17.5 Å². The van der Waals surface area contributed by atoms with Gasteiger partial charge in [0.25, 0.3) is 0 Å². The Morgan fingerprint density at radius 3 is 1.48 bits per heavy atom. The van der Waals surface area contributed by atoms with Gasteiger partial charge < -0.3 is 0 Å². The molecule has 2 heterocycles. The SMILES string of the molecule is c1ccc(-c2nc(-c3ccc(-c4cccc5c4C4(c6ccccc6-c6ccccc64)c4ccccc4-5)cc3)nc(-c3cccc4sc5ccccc5c34)n2)cc1. The molecule has 10 aromatic rings. The Morgan fingerprint density at radius 1 is 0.321 bits per heavy atom. The summed E-state index contributed by atoms with van der Waals surface area (Å²) < 4.78 is 2.48. The van der Waals surface area contributed by atoms with E-state index in [0.29, 0.717) is 17.5 Å². The summed E-state index contributed by atoms with van der Waals surface area (Å²) in [5.74, 6) is 1.98. The van der Waals surface area contributed by atoms with Gasteiger partial charge in [0, 0.05) is 36.9 Å². The van der Waals surface area contributed by atoms with Crippen molar-refractivity contribution < 1.29 is 0 Å². The Balaban J connectivity index is 1.04. The van der Waals surface area contributed by atoms with Crippen LogP contribution in [0.1, 0.15) is 22.3 Å². The third kappa shape index (κ3) is 4.36. The molecule has 2 aliphatic rings. The standard InChI is InChI=1S/C52H31N3S/c1-2-14-33(15-3-1)49-53-50(55-51(54-49)41-22-13-27-46-47(41)40-19-7-11-26-45(40)56-46)34-30-28-32(29-31-34)35-20-12-21-39-38-18-6-10-25-44(38)52(48(35)39)42-23-8-4-16-36(42)37-17-5-9-24-43(37)52/h1-31H. The van der Waals surface area contributed by atoms with E-state index in [1.807, 2.05) is 18.2 Å². The molecule has 0 atom stereocenters. The zero-order valence-electron chi connectivity index (χ0n) is 30.1. The number of nitrogens with zero attached hydrogens (tertiary/aromatic N) is 3. The second-order valence-corrected chi connectivity index (χ2v) is 15.7. The number of benzene rings is 8. The maximum atomic E-state index is 5.21. The summed E-state index contributed by atoms with van der Waals surface area (Å²) in [5, 5.41) is 2.40. The summed E-state index contributed by atoms with van der Waals surface area (Å²) >= 11 is 1.80. The topological polar surface area (TPSA) is 38.7 Å². The van der Waals surface area contributed by atoms with Crippen molar-refractivity contribution in [3.8, 4) is 67.5 Å². The Morgan fingerprint density at radius 2 is 0.786 bits per heavy atom. The minimum Gasteiger partial charge on any atom is -0.208 e. The van der Waals surface area contributed by atoms with Gasteiger partial charge in [0.2, 0.25) is 0 Å². The van der Waals surface area contributed by atoms with Crippen molar-refractivity contribution in [1.82, 2.24) is 15.0 Å². The molecule has 0 saturated carbocycles. The number of aromatic nitrogens is 3. The largest absolute Gasteiger partial charge is 0.208 e. The first kappa shape index (κ1) is 31.4. The molecule has 3 nitrogen and oxygen atoms in total. The first-order valence-electron chi connectivity index (χ1n) is 19.0. The molecule has 0 saturated heterocycles. The molecular formula is C52H31N3S. The van der Waals surface area contributed by atoms with Crippen molar-refractivity contribution in [3.63, 3.8) is 0 Å². The van der Waals surface area contributed by atoms with Gasteiger partial charge in [-0.25, -0.2) is 15.0 Å². The highest BCUT2D eigenvalue weighted by atomic mass is 32.1. The van der Waals surface area contributed by atoms with Gasteiger partial charge in [-0.2, -0.15) is 0 Å². The minimum atomic E-state index is -0.422. The quantitative estimate of drug-likeness (QED) is 0.181. The molecular weight excluding hydrogens is 699 g/mol. The average Bonchev–Trinajstić information content (AvgIpc) is 3.91. The second-order valence-electron chi connectivity index (χ2n) is 14.6. The molecule has 12 rings (SSSR count). The summed E-state index contributed by atoms with van der Waals surface area (Å²) in [6, 6.07) is 67.9. The maximum Gasteiger partial charge on any atom is 0.164 e. The van der Waals surface area contributed by atoms with Crippen molar-refractivity contribution in [3.05, 3.63) is 210 Å². The Kier molecular flexibility index (Phi) is 6.72. The fourth-order valence-corrected chi connectivity index (χ4v) is 10.6. The van der Waals surface area contributed by atoms with Gasteiger partial charge >= 0.3 is 0 Å². The monoisotopic (exact) mass is 729 g/mol. The number of hydrogen-bond acceptors (Lipinski definition) is 4. The predicted molar refractivity (Wildman–Crippen MR) is 231 cm³/mol. The Bertz CT molecular complexity index is 3130. The third-order valence-corrected chi connectivity index (χ3v) is 12.9. The highest BCUT2D eigenvalue weighted by Gasteiger charge is 2.52. The highest BCUT2D eigenvalue weighted by molar-refractivity contribution is 7.25. The van der Waals surface area contributed by atoms with Crippen molar-refractivity contribution in [1.29, 1.82) is 0 Å². The van der Waals surface area contributed by atoms with Crippen LogP contribution in [-0.2, 0) is 5.41 Å². The summed E-state index contributed by atoms with van der Waals surface area (Å²) in [6.45, 7) is 0. The van der Waals surface area contributed by atoms with Gasteiger partial charge in [-0.15, -0.1) is 11.3 Å². The molecule has 1 spiro atoms. The van der Waals surface area contributed by atoms with E-state index in [0.717, 1.165) is 22.3 Å². The molecule has 260 valence electrons. The van der Waals surface area contributed by atoms with Crippen LogP contribution < -0.4 is 0 Å². The third-order valence-electron chi connectivity index (χ3n) is 11.8. The first-order chi connectivity index (χ1) is 27.8. The van der Waals surface area contributed by atoms with E-state index in [9.17, 15) is 0 Å². The lowest BCUT2D eigenvalue weighted by molar-refractivity contribution is 0.796. The molecule has 4 heteroatoms. The van der Waals surface area contributed by atoms with E-state index < -0.39 is 5.41 Å². The molecule has 0 N–H and O–H groups in total. The zero-order valence-corrected chi connectivity index (χ0v) is 31.0. The summed E-state index contributed by atoms with van der Waals surface area (Å²) in [4.78, 5) is 15.4. The molecule has 0 unspecified atom stereocenters. The molecule has 8 aromatic carbocycles. The number of rotatable bonds is 4. The van der Waals surface area contributed by atoms with Crippen molar-refractivity contribution >= 4 is 31.5 Å². The lowest BCUT2D eigenvalue weighted by Crippen LogP contribution is -2.26.